The van der Waals surface area contributed by atoms with E-state index in [4.69, 9.17) is 11.6 Å². The molecule has 0 heterocycles. The van der Waals surface area contributed by atoms with Gasteiger partial charge in [-0.2, -0.15) is 0 Å². The van der Waals surface area contributed by atoms with Gasteiger partial charge in [0.05, 0.1) is 4.90 Å². The minimum absolute atomic E-state index is 0.0241. The van der Waals surface area contributed by atoms with Crippen molar-refractivity contribution in [1.29, 1.82) is 0 Å². The summed E-state index contributed by atoms with van der Waals surface area (Å²) in [4.78, 5) is -0.812. The molecule has 0 radical (unpaired) electrons. The molecular weight excluding hydrogens is 358 g/mol. The molecule has 1 aromatic rings. The summed E-state index contributed by atoms with van der Waals surface area (Å²) < 4.78 is 28.0. The standard InChI is InChI=1S/C19H26ClNO3S/c1-12(2)17-10-15(11-19(20,13(3)4)18(17)22)21-25(23,24)16-8-6-14(5)7-9-16/h6-10,12-13,21-22H,11H2,1-5H3. The van der Waals surface area contributed by atoms with E-state index in [0.29, 0.717) is 11.3 Å². The third-order valence-corrected chi connectivity index (χ3v) is 6.75. The molecular formula is C19H26ClNO3S. The van der Waals surface area contributed by atoms with Crippen molar-refractivity contribution in [3.05, 3.63) is 52.9 Å². The minimum Gasteiger partial charge on any atom is -0.510 e. The Balaban J connectivity index is 2.42. The highest BCUT2D eigenvalue weighted by Gasteiger charge is 2.42. The summed E-state index contributed by atoms with van der Waals surface area (Å²) in [7, 11) is -3.70. The zero-order valence-electron chi connectivity index (χ0n) is 15.3. The Kier molecular flexibility index (Phi) is 5.59. The summed E-state index contributed by atoms with van der Waals surface area (Å²) >= 11 is 6.71. The highest BCUT2D eigenvalue weighted by atomic mass is 35.5. The van der Waals surface area contributed by atoms with Gasteiger partial charge >= 0.3 is 0 Å². The number of halogens is 1. The van der Waals surface area contributed by atoms with Crippen molar-refractivity contribution in [2.75, 3.05) is 0 Å². The lowest BCUT2D eigenvalue weighted by molar-refractivity contribution is 0.286. The molecule has 25 heavy (non-hydrogen) atoms. The molecule has 0 saturated heterocycles. The number of sulfonamides is 1. The van der Waals surface area contributed by atoms with Crippen molar-refractivity contribution in [3.63, 3.8) is 0 Å². The second kappa shape index (κ2) is 7.04. The zero-order chi connectivity index (χ0) is 19.0. The van der Waals surface area contributed by atoms with Crippen LogP contribution in [0, 0.1) is 18.8 Å². The van der Waals surface area contributed by atoms with Crippen molar-refractivity contribution >= 4 is 21.6 Å². The lowest BCUT2D eigenvalue weighted by Crippen LogP contribution is -2.39. The predicted octanol–water partition coefficient (Wildman–Crippen LogP) is 4.66. The molecule has 1 aliphatic rings. The van der Waals surface area contributed by atoms with Crippen LogP contribution in [0.2, 0.25) is 0 Å². The average molecular weight is 384 g/mol. The van der Waals surface area contributed by atoms with Gasteiger partial charge in [-0.1, -0.05) is 45.4 Å². The van der Waals surface area contributed by atoms with Gasteiger partial charge in [0.25, 0.3) is 10.0 Å². The quantitative estimate of drug-likeness (QED) is 0.726. The van der Waals surface area contributed by atoms with E-state index in [9.17, 15) is 13.5 Å². The molecule has 0 saturated carbocycles. The summed E-state index contributed by atoms with van der Waals surface area (Å²) in [5, 5.41) is 10.6. The predicted molar refractivity (Wildman–Crippen MR) is 102 cm³/mol. The number of hydrogen-bond acceptors (Lipinski definition) is 3. The van der Waals surface area contributed by atoms with Gasteiger partial charge < -0.3 is 5.11 Å². The van der Waals surface area contributed by atoms with E-state index >= 15 is 0 Å². The molecule has 1 aromatic carbocycles. The first-order chi connectivity index (χ1) is 11.5. The Morgan fingerprint density at radius 3 is 2.20 bits per heavy atom. The lowest BCUT2D eigenvalue weighted by Gasteiger charge is -2.36. The fourth-order valence-corrected chi connectivity index (χ4v) is 4.18. The Labute approximate surface area is 155 Å². The van der Waals surface area contributed by atoms with E-state index in [1.54, 1.807) is 30.3 Å². The highest BCUT2D eigenvalue weighted by molar-refractivity contribution is 7.89. The molecule has 1 atom stereocenters. The number of nitrogens with one attached hydrogen (secondary N) is 1. The van der Waals surface area contributed by atoms with Crippen molar-refractivity contribution in [3.8, 4) is 0 Å². The Hall–Kier alpha value is -1.46. The molecule has 1 unspecified atom stereocenters. The summed E-state index contributed by atoms with van der Waals surface area (Å²) in [6, 6.07) is 6.67. The molecule has 2 rings (SSSR count). The van der Waals surface area contributed by atoms with E-state index in [0.717, 1.165) is 5.56 Å². The van der Waals surface area contributed by atoms with E-state index in [-0.39, 0.29) is 28.9 Å². The van der Waals surface area contributed by atoms with E-state index in [2.05, 4.69) is 4.72 Å². The third-order valence-electron chi connectivity index (χ3n) is 4.58. The maximum atomic E-state index is 12.7. The van der Waals surface area contributed by atoms with Crippen molar-refractivity contribution < 1.29 is 13.5 Å². The maximum absolute atomic E-state index is 12.7. The fourth-order valence-electron chi connectivity index (χ4n) is 2.84. The van der Waals surface area contributed by atoms with E-state index in [1.165, 1.54) is 0 Å². The number of hydrogen-bond donors (Lipinski definition) is 2. The third kappa shape index (κ3) is 4.04. The van der Waals surface area contributed by atoms with Crippen molar-refractivity contribution in [2.45, 2.75) is 50.8 Å². The largest absolute Gasteiger partial charge is 0.510 e. The van der Waals surface area contributed by atoms with E-state index in [1.807, 2.05) is 34.6 Å². The Morgan fingerprint density at radius 1 is 1.16 bits per heavy atom. The zero-order valence-corrected chi connectivity index (χ0v) is 16.9. The number of aliphatic hydroxyl groups is 1. The topological polar surface area (TPSA) is 66.4 Å². The van der Waals surface area contributed by atoms with Crippen LogP contribution in [0.3, 0.4) is 0 Å². The molecule has 0 fully saturated rings. The molecule has 138 valence electrons. The smallest absolute Gasteiger partial charge is 0.261 e. The number of aliphatic hydroxyl groups excluding tert-OH is 1. The van der Waals surface area contributed by atoms with Crippen molar-refractivity contribution in [2.24, 2.45) is 11.8 Å². The molecule has 0 amide bonds. The van der Waals surface area contributed by atoms with Crippen LogP contribution < -0.4 is 4.72 Å². The van der Waals surface area contributed by atoms with Crippen LogP contribution >= 0.6 is 11.6 Å². The highest BCUT2D eigenvalue weighted by Crippen LogP contribution is 2.43. The second-order valence-electron chi connectivity index (χ2n) is 7.24. The van der Waals surface area contributed by atoms with Crippen LogP contribution in [-0.2, 0) is 10.0 Å². The van der Waals surface area contributed by atoms with Gasteiger partial charge in [-0.3, -0.25) is 4.72 Å². The summed E-state index contributed by atoms with van der Waals surface area (Å²) in [6.07, 6.45) is 1.92. The van der Waals surface area contributed by atoms with Gasteiger partial charge in [0.2, 0.25) is 0 Å². The molecule has 0 bridgehead atoms. The summed E-state index contributed by atoms with van der Waals surface area (Å²) in [6.45, 7) is 9.62. The average Bonchev–Trinajstić information content (AvgIpc) is 2.50. The second-order valence-corrected chi connectivity index (χ2v) is 9.60. The van der Waals surface area contributed by atoms with Crippen LogP contribution in [0.1, 0.15) is 39.7 Å². The molecule has 6 heteroatoms. The van der Waals surface area contributed by atoms with Gasteiger partial charge in [-0.15, -0.1) is 11.6 Å². The molecule has 0 spiro atoms. The molecule has 0 aromatic heterocycles. The first-order valence-electron chi connectivity index (χ1n) is 8.40. The van der Waals surface area contributed by atoms with Gasteiger partial charge in [-0.25, -0.2) is 8.42 Å². The van der Waals surface area contributed by atoms with Gasteiger partial charge in [0, 0.05) is 12.1 Å². The van der Waals surface area contributed by atoms with Gasteiger partial charge in [0.15, 0.2) is 0 Å². The molecule has 2 N–H and O–H groups in total. The summed E-state index contributed by atoms with van der Waals surface area (Å²) in [5.41, 5.74) is 2.15. The van der Waals surface area contributed by atoms with Crippen LogP contribution in [0.25, 0.3) is 0 Å². The number of benzene rings is 1. The Bertz CT molecular complexity index is 808. The van der Waals surface area contributed by atoms with Crippen LogP contribution in [0.4, 0.5) is 0 Å². The SMILES string of the molecule is Cc1ccc(S(=O)(=O)NC2=CC(C(C)C)=C(O)C(Cl)(C(C)C)C2)cc1. The number of aryl methyl sites for hydroxylation is 1. The monoisotopic (exact) mass is 383 g/mol. The van der Waals surface area contributed by atoms with Crippen LogP contribution in [-0.4, -0.2) is 18.4 Å². The number of alkyl halides is 1. The number of allylic oxidation sites excluding steroid dienone is 4. The van der Waals surface area contributed by atoms with Crippen LogP contribution in [0.5, 0.6) is 0 Å². The first-order valence-corrected chi connectivity index (χ1v) is 10.3. The van der Waals surface area contributed by atoms with Crippen LogP contribution in [0.15, 0.2) is 52.3 Å². The number of rotatable bonds is 5. The molecule has 1 aliphatic carbocycles. The normalized spacial score (nSPS) is 21.7. The summed E-state index contributed by atoms with van der Waals surface area (Å²) in [5.74, 6) is 0.101. The minimum atomic E-state index is -3.70. The maximum Gasteiger partial charge on any atom is 0.261 e. The molecule has 0 aliphatic heterocycles. The van der Waals surface area contributed by atoms with Crippen molar-refractivity contribution in [1.82, 2.24) is 4.72 Å². The van der Waals surface area contributed by atoms with E-state index < -0.39 is 14.9 Å². The van der Waals surface area contributed by atoms with Gasteiger partial charge in [-0.05, 0) is 42.5 Å². The Morgan fingerprint density at radius 2 is 1.72 bits per heavy atom. The fraction of sp³-hybridized carbons (Fsp3) is 0.474. The van der Waals surface area contributed by atoms with Gasteiger partial charge in [0.1, 0.15) is 10.6 Å². The first kappa shape index (κ1) is 19.9. The lowest BCUT2D eigenvalue weighted by atomic mass is 9.80. The molecule has 4 nitrogen and oxygen atoms in total.